The van der Waals surface area contributed by atoms with E-state index in [4.69, 9.17) is 21.7 Å². The van der Waals surface area contributed by atoms with Crippen LogP contribution in [0.3, 0.4) is 0 Å². The fourth-order valence-corrected chi connectivity index (χ4v) is 2.50. The highest BCUT2D eigenvalue weighted by atomic mass is 32.1. The van der Waals surface area contributed by atoms with E-state index in [1.807, 2.05) is 24.3 Å². The molecule has 2 atom stereocenters. The Balaban J connectivity index is 1.77. The van der Waals surface area contributed by atoms with Crippen molar-refractivity contribution in [2.45, 2.75) is 31.9 Å². The van der Waals surface area contributed by atoms with Crippen LogP contribution in [0.15, 0.2) is 24.3 Å². The van der Waals surface area contributed by atoms with Gasteiger partial charge < -0.3 is 20.1 Å². The third-order valence-corrected chi connectivity index (χ3v) is 3.74. The van der Waals surface area contributed by atoms with E-state index in [9.17, 15) is 0 Å². The van der Waals surface area contributed by atoms with Gasteiger partial charge in [-0.3, -0.25) is 0 Å². The highest BCUT2D eigenvalue weighted by Crippen LogP contribution is 2.17. The molecule has 5 heteroatoms. The van der Waals surface area contributed by atoms with Crippen LogP contribution in [0.5, 0.6) is 5.75 Å². The standard InChI is InChI=1S/C15H22N2O2S/c1-11(12-5-7-13(18-2)8-6-12)17-15(20)16-10-14-4-3-9-19-14/h5-8,11,14H,3-4,9-10H2,1-2H3,(H2,16,17,20)/t11-,14-/m1/s1. The molecule has 0 saturated carbocycles. The zero-order valence-corrected chi connectivity index (χ0v) is 12.8. The molecule has 0 amide bonds. The van der Waals surface area contributed by atoms with Crippen LogP contribution in [-0.4, -0.2) is 31.5 Å². The first-order chi connectivity index (χ1) is 9.69. The molecule has 20 heavy (non-hydrogen) atoms. The average Bonchev–Trinajstić information content (AvgIpc) is 2.98. The molecule has 2 N–H and O–H groups in total. The maximum Gasteiger partial charge on any atom is 0.166 e. The average molecular weight is 294 g/mol. The largest absolute Gasteiger partial charge is 0.497 e. The van der Waals surface area contributed by atoms with E-state index in [0.717, 1.165) is 31.7 Å². The van der Waals surface area contributed by atoms with Crippen molar-refractivity contribution >= 4 is 17.3 Å². The summed E-state index contributed by atoms with van der Waals surface area (Å²) in [5.41, 5.74) is 1.17. The minimum absolute atomic E-state index is 0.158. The molecule has 4 nitrogen and oxygen atoms in total. The van der Waals surface area contributed by atoms with Crippen LogP contribution in [-0.2, 0) is 4.74 Å². The summed E-state index contributed by atoms with van der Waals surface area (Å²) in [5, 5.41) is 7.17. The monoisotopic (exact) mass is 294 g/mol. The predicted molar refractivity (Wildman–Crippen MR) is 84.1 cm³/mol. The molecule has 1 aliphatic rings. The molecular formula is C15H22N2O2S. The third kappa shape index (κ3) is 4.35. The van der Waals surface area contributed by atoms with Crippen molar-refractivity contribution in [2.75, 3.05) is 20.3 Å². The first-order valence-electron chi connectivity index (χ1n) is 6.99. The van der Waals surface area contributed by atoms with Crippen molar-refractivity contribution in [1.29, 1.82) is 0 Å². The first kappa shape index (κ1) is 15.1. The number of benzene rings is 1. The number of rotatable bonds is 5. The zero-order valence-electron chi connectivity index (χ0n) is 12.0. The van der Waals surface area contributed by atoms with Crippen molar-refractivity contribution in [2.24, 2.45) is 0 Å². The Kier molecular flexibility index (Phi) is 5.61. The number of hydrogen-bond donors (Lipinski definition) is 2. The molecule has 1 aromatic rings. The van der Waals surface area contributed by atoms with Gasteiger partial charge in [-0.2, -0.15) is 0 Å². The van der Waals surface area contributed by atoms with Gasteiger partial charge in [0.25, 0.3) is 0 Å². The molecular weight excluding hydrogens is 272 g/mol. The number of methoxy groups -OCH3 is 1. The molecule has 1 aromatic carbocycles. The Morgan fingerprint density at radius 1 is 1.45 bits per heavy atom. The van der Waals surface area contributed by atoms with Gasteiger partial charge in [0.1, 0.15) is 5.75 Å². The topological polar surface area (TPSA) is 42.5 Å². The quantitative estimate of drug-likeness (QED) is 0.816. The molecule has 1 fully saturated rings. The molecule has 2 rings (SSSR count). The minimum atomic E-state index is 0.158. The molecule has 0 aromatic heterocycles. The van der Waals surface area contributed by atoms with E-state index < -0.39 is 0 Å². The van der Waals surface area contributed by atoms with Crippen LogP contribution in [0, 0.1) is 0 Å². The maximum absolute atomic E-state index is 5.55. The Hall–Kier alpha value is -1.33. The fraction of sp³-hybridized carbons (Fsp3) is 0.533. The van der Waals surface area contributed by atoms with Gasteiger partial charge in [0.05, 0.1) is 19.3 Å². The van der Waals surface area contributed by atoms with Crippen LogP contribution < -0.4 is 15.4 Å². The van der Waals surface area contributed by atoms with E-state index in [1.165, 1.54) is 5.56 Å². The summed E-state index contributed by atoms with van der Waals surface area (Å²) < 4.78 is 10.7. The van der Waals surface area contributed by atoms with E-state index >= 15 is 0 Å². The number of nitrogens with one attached hydrogen (secondary N) is 2. The van der Waals surface area contributed by atoms with Crippen molar-refractivity contribution in [3.63, 3.8) is 0 Å². The molecule has 1 aliphatic heterocycles. The summed E-state index contributed by atoms with van der Waals surface area (Å²) in [6, 6.07) is 8.15. The molecule has 0 radical (unpaired) electrons. The summed E-state index contributed by atoms with van der Waals surface area (Å²) in [6.07, 6.45) is 2.56. The van der Waals surface area contributed by atoms with Gasteiger partial charge >= 0.3 is 0 Å². The lowest BCUT2D eigenvalue weighted by atomic mass is 10.1. The van der Waals surface area contributed by atoms with Crippen LogP contribution in [0.1, 0.15) is 31.4 Å². The Morgan fingerprint density at radius 2 is 2.20 bits per heavy atom. The molecule has 0 bridgehead atoms. The van der Waals surface area contributed by atoms with Gasteiger partial charge in [0.15, 0.2) is 5.11 Å². The van der Waals surface area contributed by atoms with Gasteiger partial charge in [0.2, 0.25) is 0 Å². The summed E-state index contributed by atoms with van der Waals surface area (Å²) in [7, 11) is 1.67. The van der Waals surface area contributed by atoms with Crippen LogP contribution in [0.2, 0.25) is 0 Å². The summed E-state index contributed by atoms with van der Waals surface area (Å²) >= 11 is 5.31. The first-order valence-corrected chi connectivity index (χ1v) is 7.40. The molecule has 0 unspecified atom stereocenters. The van der Waals surface area contributed by atoms with Crippen molar-refractivity contribution in [1.82, 2.24) is 10.6 Å². The lowest BCUT2D eigenvalue weighted by Gasteiger charge is -2.19. The normalized spacial score (nSPS) is 19.4. The van der Waals surface area contributed by atoms with E-state index in [2.05, 4.69) is 17.6 Å². The molecule has 0 spiro atoms. The molecule has 1 heterocycles. The Labute approximate surface area is 125 Å². The smallest absolute Gasteiger partial charge is 0.166 e. The second kappa shape index (κ2) is 7.45. The Morgan fingerprint density at radius 3 is 2.80 bits per heavy atom. The van der Waals surface area contributed by atoms with Crippen molar-refractivity contribution < 1.29 is 9.47 Å². The van der Waals surface area contributed by atoms with E-state index in [-0.39, 0.29) is 6.04 Å². The Bertz CT molecular complexity index is 430. The highest BCUT2D eigenvalue weighted by molar-refractivity contribution is 7.80. The summed E-state index contributed by atoms with van der Waals surface area (Å²) in [6.45, 7) is 3.73. The maximum atomic E-state index is 5.55. The lowest BCUT2D eigenvalue weighted by molar-refractivity contribution is 0.114. The lowest BCUT2D eigenvalue weighted by Crippen LogP contribution is -2.40. The molecule has 1 saturated heterocycles. The van der Waals surface area contributed by atoms with Gasteiger partial charge in [-0.15, -0.1) is 0 Å². The fourth-order valence-electron chi connectivity index (χ4n) is 2.24. The third-order valence-electron chi connectivity index (χ3n) is 3.48. The minimum Gasteiger partial charge on any atom is -0.497 e. The highest BCUT2D eigenvalue weighted by Gasteiger charge is 2.15. The SMILES string of the molecule is COc1ccc([C@@H](C)NC(=S)NC[C@H]2CCCO2)cc1. The predicted octanol–water partition coefficient (Wildman–Crippen LogP) is 2.40. The van der Waals surface area contributed by atoms with Gasteiger partial charge in [-0.05, 0) is 49.7 Å². The van der Waals surface area contributed by atoms with Gasteiger partial charge in [0, 0.05) is 13.2 Å². The molecule has 0 aliphatic carbocycles. The van der Waals surface area contributed by atoms with Crippen molar-refractivity contribution in [3.8, 4) is 5.75 Å². The van der Waals surface area contributed by atoms with Crippen LogP contribution >= 0.6 is 12.2 Å². The van der Waals surface area contributed by atoms with Crippen LogP contribution in [0.4, 0.5) is 0 Å². The van der Waals surface area contributed by atoms with E-state index in [1.54, 1.807) is 7.11 Å². The zero-order chi connectivity index (χ0) is 14.4. The number of thiocarbonyl (C=S) groups is 1. The summed E-state index contributed by atoms with van der Waals surface area (Å²) in [5.74, 6) is 0.861. The van der Waals surface area contributed by atoms with E-state index in [0.29, 0.717) is 11.2 Å². The van der Waals surface area contributed by atoms with Gasteiger partial charge in [-0.25, -0.2) is 0 Å². The summed E-state index contributed by atoms with van der Waals surface area (Å²) in [4.78, 5) is 0. The second-order valence-electron chi connectivity index (χ2n) is 4.98. The van der Waals surface area contributed by atoms with Crippen LogP contribution in [0.25, 0.3) is 0 Å². The second-order valence-corrected chi connectivity index (χ2v) is 5.39. The molecule has 110 valence electrons. The van der Waals surface area contributed by atoms with Crippen molar-refractivity contribution in [3.05, 3.63) is 29.8 Å². The number of ether oxygens (including phenoxy) is 2. The number of hydrogen-bond acceptors (Lipinski definition) is 3. The van der Waals surface area contributed by atoms with Gasteiger partial charge in [-0.1, -0.05) is 12.1 Å².